The molecule has 0 bridgehead atoms. The highest BCUT2D eigenvalue weighted by molar-refractivity contribution is 7.92. The second kappa shape index (κ2) is 7.95. The molecule has 0 aliphatic carbocycles. The highest BCUT2D eigenvalue weighted by Crippen LogP contribution is 2.36. The van der Waals surface area contributed by atoms with Crippen molar-refractivity contribution in [2.45, 2.75) is 13.8 Å². The minimum Gasteiger partial charge on any atom is -0.454 e. The average Bonchev–Trinajstić information content (AvgIpc) is 3.15. The van der Waals surface area contributed by atoms with Crippen LogP contribution in [0.5, 0.6) is 11.5 Å². The molecule has 10 nitrogen and oxygen atoms in total. The Labute approximate surface area is 167 Å². The highest BCUT2D eigenvalue weighted by Gasteiger charge is 2.26. The summed E-state index contributed by atoms with van der Waals surface area (Å²) >= 11 is 0. The van der Waals surface area contributed by atoms with E-state index < -0.39 is 27.4 Å². The number of nitro groups is 1. The van der Waals surface area contributed by atoms with Crippen LogP contribution in [0, 0.1) is 17.0 Å². The molecule has 29 heavy (non-hydrogen) atoms. The van der Waals surface area contributed by atoms with Crippen LogP contribution >= 0.6 is 0 Å². The van der Waals surface area contributed by atoms with Gasteiger partial charge >= 0.3 is 0 Å². The van der Waals surface area contributed by atoms with Crippen LogP contribution in [-0.4, -0.2) is 38.3 Å². The molecule has 0 atom stereocenters. The summed E-state index contributed by atoms with van der Waals surface area (Å²) in [4.78, 5) is 23.0. The zero-order valence-corrected chi connectivity index (χ0v) is 16.6. The van der Waals surface area contributed by atoms with Crippen molar-refractivity contribution >= 4 is 33.0 Å². The Morgan fingerprint density at radius 3 is 2.62 bits per heavy atom. The molecule has 1 N–H and O–H groups in total. The summed E-state index contributed by atoms with van der Waals surface area (Å²) in [6.07, 6.45) is 0. The summed E-state index contributed by atoms with van der Waals surface area (Å²) in [7, 11) is -3.78. The normalized spacial score (nSPS) is 12.5. The van der Waals surface area contributed by atoms with Gasteiger partial charge in [-0.05, 0) is 31.5 Å². The van der Waals surface area contributed by atoms with Crippen LogP contribution in [0.15, 0.2) is 36.4 Å². The predicted molar refractivity (Wildman–Crippen MR) is 106 cm³/mol. The Hall–Kier alpha value is -3.34. The topological polar surface area (TPSA) is 128 Å². The number of carbonyl (C=O) groups excluding carboxylic acids is 1. The number of ether oxygens (including phenoxy) is 2. The summed E-state index contributed by atoms with van der Waals surface area (Å²) in [6.45, 7) is 2.68. The molecule has 0 saturated heterocycles. The number of non-ortho nitro benzene ring substituents is 1. The van der Waals surface area contributed by atoms with E-state index in [2.05, 4.69) is 5.32 Å². The van der Waals surface area contributed by atoms with Crippen LogP contribution in [-0.2, 0) is 14.8 Å². The fourth-order valence-electron chi connectivity index (χ4n) is 2.72. The first kappa shape index (κ1) is 20.4. The average molecular weight is 421 g/mol. The van der Waals surface area contributed by atoms with Crippen LogP contribution in [0.3, 0.4) is 0 Å². The van der Waals surface area contributed by atoms with E-state index in [1.807, 2.05) is 0 Å². The molecule has 1 aliphatic heterocycles. The molecule has 3 rings (SSSR count). The zero-order valence-electron chi connectivity index (χ0n) is 15.7. The lowest BCUT2D eigenvalue weighted by Crippen LogP contribution is -2.39. The number of hydrogen-bond acceptors (Lipinski definition) is 7. The van der Waals surface area contributed by atoms with E-state index in [9.17, 15) is 23.3 Å². The van der Waals surface area contributed by atoms with Crippen molar-refractivity contribution in [1.29, 1.82) is 0 Å². The van der Waals surface area contributed by atoms with Gasteiger partial charge in [0, 0.05) is 18.2 Å². The lowest BCUT2D eigenvalue weighted by molar-refractivity contribution is -0.384. The molecular formula is C18H19N3O7S. The third-order valence-corrected chi connectivity index (χ3v) is 6.08. The Balaban J connectivity index is 1.86. The van der Waals surface area contributed by atoms with Crippen LogP contribution in [0.2, 0.25) is 0 Å². The molecule has 1 heterocycles. The number of rotatable bonds is 7. The SMILES string of the molecule is CCS(=O)(=O)N(CC(=O)Nc1cc([N+](=O)[O-])ccc1C)c1ccc2c(c1)OCO2. The van der Waals surface area contributed by atoms with Gasteiger partial charge in [-0.2, -0.15) is 0 Å². The van der Waals surface area contributed by atoms with Gasteiger partial charge in [-0.1, -0.05) is 6.07 Å². The van der Waals surface area contributed by atoms with Crippen LogP contribution in [0.4, 0.5) is 17.1 Å². The summed E-state index contributed by atoms with van der Waals surface area (Å²) in [5.41, 5.74) is 0.919. The monoisotopic (exact) mass is 421 g/mol. The number of hydrogen-bond donors (Lipinski definition) is 1. The van der Waals surface area contributed by atoms with Crippen molar-refractivity contribution in [3.8, 4) is 11.5 Å². The summed E-state index contributed by atoms with van der Waals surface area (Å²) in [5, 5.41) is 13.5. The molecule has 0 unspecified atom stereocenters. The lowest BCUT2D eigenvalue weighted by Gasteiger charge is -2.23. The molecule has 1 amide bonds. The quantitative estimate of drug-likeness (QED) is 0.537. The van der Waals surface area contributed by atoms with Gasteiger partial charge in [-0.25, -0.2) is 8.42 Å². The number of fused-ring (bicyclic) bond motifs is 1. The second-order valence-electron chi connectivity index (χ2n) is 6.25. The first-order valence-electron chi connectivity index (χ1n) is 8.66. The van der Waals surface area contributed by atoms with Crippen molar-refractivity contribution in [3.05, 3.63) is 52.1 Å². The largest absolute Gasteiger partial charge is 0.454 e. The number of carbonyl (C=O) groups is 1. The number of aryl methyl sites for hydroxylation is 1. The molecule has 2 aromatic carbocycles. The number of benzene rings is 2. The number of anilines is 2. The van der Waals surface area contributed by atoms with E-state index in [1.165, 1.54) is 37.3 Å². The molecule has 0 fully saturated rings. The second-order valence-corrected chi connectivity index (χ2v) is 8.43. The molecule has 1 aliphatic rings. The summed E-state index contributed by atoms with van der Waals surface area (Å²) < 4.78 is 36.6. The number of nitrogens with zero attached hydrogens (tertiary/aromatic N) is 2. The van der Waals surface area contributed by atoms with Gasteiger partial charge in [0.2, 0.25) is 22.7 Å². The molecule has 0 radical (unpaired) electrons. The summed E-state index contributed by atoms with van der Waals surface area (Å²) in [6, 6.07) is 8.64. The molecule has 0 aromatic heterocycles. The first-order chi connectivity index (χ1) is 13.7. The van der Waals surface area contributed by atoms with Crippen molar-refractivity contribution in [2.24, 2.45) is 0 Å². The fraction of sp³-hybridized carbons (Fsp3) is 0.278. The van der Waals surface area contributed by atoms with Gasteiger partial charge < -0.3 is 14.8 Å². The Bertz CT molecular complexity index is 1070. The van der Waals surface area contributed by atoms with E-state index >= 15 is 0 Å². The molecule has 11 heteroatoms. The van der Waals surface area contributed by atoms with E-state index in [4.69, 9.17) is 9.47 Å². The van der Waals surface area contributed by atoms with E-state index in [0.717, 1.165) is 4.31 Å². The first-order valence-corrected chi connectivity index (χ1v) is 10.3. The van der Waals surface area contributed by atoms with Gasteiger partial charge in [-0.3, -0.25) is 19.2 Å². The number of nitro benzene ring substituents is 1. The van der Waals surface area contributed by atoms with Gasteiger partial charge in [0.25, 0.3) is 5.69 Å². The van der Waals surface area contributed by atoms with Crippen LogP contribution in [0.25, 0.3) is 0 Å². The number of nitrogens with one attached hydrogen (secondary N) is 1. The summed E-state index contributed by atoms with van der Waals surface area (Å²) in [5.74, 6) is 0.0150. The predicted octanol–water partition coefficient (Wildman–Crippen LogP) is 2.43. The third kappa shape index (κ3) is 4.40. The van der Waals surface area contributed by atoms with Crippen molar-refractivity contribution in [3.63, 3.8) is 0 Å². The van der Waals surface area contributed by atoms with Gasteiger partial charge in [0.05, 0.1) is 22.1 Å². The van der Waals surface area contributed by atoms with E-state index in [-0.39, 0.29) is 29.6 Å². The lowest BCUT2D eigenvalue weighted by atomic mass is 10.2. The maximum atomic E-state index is 12.6. The van der Waals surface area contributed by atoms with Crippen molar-refractivity contribution in [2.75, 3.05) is 28.7 Å². The fourth-order valence-corrected chi connectivity index (χ4v) is 3.79. The smallest absolute Gasteiger partial charge is 0.271 e. The highest BCUT2D eigenvalue weighted by atomic mass is 32.2. The van der Waals surface area contributed by atoms with E-state index in [1.54, 1.807) is 13.0 Å². The van der Waals surface area contributed by atoms with Gasteiger partial charge in [-0.15, -0.1) is 0 Å². The maximum absolute atomic E-state index is 12.6. The zero-order chi connectivity index (χ0) is 21.2. The molecular weight excluding hydrogens is 402 g/mol. The third-order valence-electron chi connectivity index (χ3n) is 4.34. The van der Waals surface area contributed by atoms with Crippen molar-refractivity contribution in [1.82, 2.24) is 0 Å². The molecule has 0 spiro atoms. The standard InChI is InChI=1S/C18H19N3O7S/c1-3-29(25,26)20(13-6-7-16-17(9-13)28-11-27-16)10-18(22)19-15-8-14(21(23)24)5-4-12(15)2/h4-9H,3,10-11H2,1-2H3,(H,19,22). The number of sulfonamides is 1. The molecule has 154 valence electrons. The molecule has 0 saturated carbocycles. The van der Waals surface area contributed by atoms with Crippen molar-refractivity contribution < 1.29 is 27.6 Å². The number of amides is 1. The molecule has 2 aromatic rings. The Morgan fingerprint density at radius 2 is 1.93 bits per heavy atom. The maximum Gasteiger partial charge on any atom is 0.271 e. The van der Waals surface area contributed by atoms with Gasteiger partial charge in [0.1, 0.15) is 6.54 Å². The van der Waals surface area contributed by atoms with Crippen LogP contribution < -0.4 is 19.1 Å². The minimum atomic E-state index is -3.78. The van der Waals surface area contributed by atoms with Crippen LogP contribution in [0.1, 0.15) is 12.5 Å². The van der Waals surface area contributed by atoms with Gasteiger partial charge in [0.15, 0.2) is 11.5 Å². The van der Waals surface area contributed by atoms with E-state index in [0.29, 0.717) is 17.1 Å². The Kier molecular flexibility index (Phi) is 5.59. The minimum absolute atomic E-state index is 0.0336. The Morgan fingerprint density at radius 1 is 1.21 bits per heavy atom.